The van der Waals surface area contributed by atoms with Gasteiger partial charge < -0.3 is 19.2 Å². The van der Waals surface area contributed by atoms with E-state index < -0.39 is 10.8 Å². The molecule has 1 heterocycles. The molecule has 8 heteroatoms. The maximum Gasteiger partial charge on any atom is 0.291 e. The number of carbonyl (C=O) groups excluding carboxylic acids is 1. The van der Waals surface area contributed by atoms with Crippen LogP contribution < -0.4 is 14.8 Å². The molecule has 31 heavy (non-hydrogen) atoms. The van der Waals surface area contributed by atoms with Crippen molar-refractivity contribution >= 4 is 28.3 Å². The fourth-order valence-electron chi connectivity index (χ4n) is 3.18. The van der Waals surface area contributed by atoms with Gasteiger partial charge in [-0.1, -0.05) is 36.4 Å². The van der Waals surface area contributed by atoms with Crippen LogP contribution in [0.4, 0.5) is 11.4 Å². The summed E-state index contributed by atoms with van der Waals surface area (Å²) in [6.07, 6.45) is 0. The molecule has 4 rings (SSSR count). The zero-order valence-corrected chi connectivity index (χ0v) is 16.5. The van der Waals surface area contributed by atoms with Gasteiger partial charge in [0.05, 0.1) is 17.7 Å². The minimum absolute atomic E-state index is 0.0608. The van der Waals surface area contributed by atoms with Gasteiger partial charge in [0.15, 0.2) is 5.76 Å². The number of hydrogen-bond donors (Lipinski definition) is 1. The van der Waals surface area contributed by atoms with Crippen LogP contribution in [0.5, 0.6) is 11.5 Å². The first-order valence-corrected chi connectivity index (χ1v) is 9.39. The number of hydrogen-bond acceptors (Lipinski definition) is 6. The van der Waals surface area contributed by atoms with Crippen molar-refractivity contribution in [3.63, 3.8) is 0 Å². The van der Waals surface area contributed by atoms with Crippen molar-refractivity contribution in [2.75, 3.05) is 12.4 Å². The Morgan fingerprint density at radius 3 is 2.55 bits per heavy atom. The van der Waals surface area contributed by atoms with Crippen molar-refractivity contribution < 1.29 is 23.6 Å². The van der Waals surface area contributed by atoms with Crippen LogP contribution in [0, 0.1) is 10.1 Å². The number of nitrogens with zero attached hydrogens (tertiary/aromatic N) is 1. The molecule has 1 aromatic heterocycles. The zero-order chi connectivity index (χ0) is 21.8. The Kier molecular flexibility index (Phi) is 5.53. The molecular weight excluding hydrogens is 400 g/mol. The van der Waals surface area contributed by atoms with Crippen molar-refractivity contribution in [2.45, 2.75) is 6.61 Å². The first-order valence-electron chi connectivity index (χ1n) is 9.39. The maximum absolute atomic E-state index is 13.1. The Bertz CT molecular complexity index is 1250. The van der Waals surface area contributed by atoms with E-state index in [1.165, 1.54) is 25.3 Å². The zero-order valence-electron chi connectivity index (χ0n) is 16.5. The number of nitrogens with one attached hydrogen (secondary N) is 1. The molecule has 0 saturated carbocycles. The van der Waals surface area contributed by atoms with Crippen molar-refractivity contribution in [2.24, 2.45) is 0 Å². The summed E-state index contributed by atoms with van der Waals surface area (Å²) < 4.78 is 16.9. The second kappa shape index (κ2) is 8.58. The largest absolute Gasteiger partial charge is 0.495 e. The summed E-state index contributed by atoms with van der Waals surface area (Å²) in [4.78, 5) is 23.7. The lowest BCUT2D eigenvalue weighted by Crippen LogP contribution is -2.14. The van der Waals surface area contributed by atoms with E-state index in [1.807, 2.05) is 42.5 Å². The Morgan fingerprint density at radius 1 is 1.06 bits per heavy atom. The highest BCUT2D eigenvalue weighted by molar-refractivity contribution is 6.07. The fraction of sp³-hybridized carbons (Fsp3) is 0.0870. The summed E-state index contributed by atoms with van der Waals surface area (Å²) in [6.45, 7) is 0.107. The van der Waals surface area contributed by atoms with Gasteiger partial charge in [-0.15, -0.1) is 0 Å². The average Bonchev–Trinajstić information content (AvgIpc) is 3.17. The smallest absolute Gasteiger partial charge is 0.291 e. The molecule has 0 aliphatic heterocycles. The van der Waals surface area contributed by atoms with E-state index in [0.29, 0.717) is 16.9 Å². The number of amides is 1. The van der Waals surface area contributed by atoms with E-state index in [1.54, 1.807) is 12.1 Å². The SMILES string of the molecule is COc1ccc([N+](=O)[O-])cc1NC(=O)c1oc2ccccc2c1COc1ccccc1. The van der Waals surface area contributed by atoms with Crippen LogP contribution in [0.25, 0.3) is 11.0 Å². The number of para-hydroxylation sites is 2. The van der Waals surface area contributed by atoms with Gasteiger partial charge in [0.25, 0.3) is 11.6 Å². The van der Waals surface area contributed by atoms with E-state index in [4.69, 9.17) is 13.9 Å². The van der Waals surface area contributed by atoms with E-state index in [-0.39, 0.29) is 29.5 Å². The number of carbonyl (C=O) groups is 1. The minimum Gasteiger partial charge on any atom is -0.495 e. The van der Waals surface area contributed by atoms with Gasteiger partial charge in [-0.2, -0.15) is 0 Å². The summed E-state index contributed by atoms with van der Waals surface area (Å²) in [7, 11) is 1.41. The molecule has 4 aromatic rings. The van der Waals surface area contributed by atoms with Gasteiger partial charge in [-0.25, -0.2) is 0 Å². The standard InChI is InChI=1S/C23H18N2O6/c1-29-21-12-11-15(25(27)28)13-19(21)24-23(26)22-18(14-30-16-7-3-2-4-8-16)17-9-5-6-10-20(17)31-22/h2-13H,14H2,1H3,(H,24,26). The van der Waals surface area contributed by atoms with Crippen LogP contribution in [0.15, 0.2) is 77.2 Å². The number of furan rings is 1. The molecule has 0 radical (unpaired) electrons. The molecule has 156 valence electrons. The number of methoxy groups -OCH3 is 1. The third-order valence-electron chi connectivity index (χ3n) is 4.67. The summed E-state index contributed by atoms with van der Waals surface area (Å²) in [5, 5.41) is 14.5. The van der Waals surface area contributed by atoms with Crippen LogP contribution in [-0.2, 0) is 6.61 Å². The summed E-state index contributed by atoms with van der Waals surface area (Å²) >= 11 is 0. The number of benzene rings is 3. The molecule has 0 bridgehead atoms. The number of non-ortho nitro benzene ring substituents is 1. The third kappa shape index (κ3) is 4.18. The van der Waals surface area contributed by atoms with Crippen molar-refractivity contribution in [1.29, 1.82) is 0 Å². The molecule has 0 fully saturated rings. The fourth-order valence-corrected chi connectivity index (χ4v) is 3.18. The van der Waals surface area contributed by atoms with Crippen molar-refractivity contribution in [3.8, 4) is 11.5 Å². The first-order chi connectivity index (χ1) is 15.1. The van der Waals surface area contributed by atoms with Crippen LogP contribution in [0.3, 0.4) is 0 Å². The summed E-state index contributed by atoms with van der Waals surface area (Å²) in [5.41, 5.74) is 1.09. The number of nitro groups is 1. The minimum atomic E-state index is -0.568. The Balaban J connectivity index is 1.68. The predicted octanol–water partition coefficient (Wildman–Crippen LogP) is 5.18. The molecule has 0 saturated heterocycles. The molecule has 0 aliphatic rings. The van der Waals surface area contributed by atoms with E-state index in [9.17, 15) is 14.9 Å². The molecule has 0 spiro atoms. The molecule has 0 unspecified atom stereocenters. The molecule has 3 aromatic carbocycles. The lowest BCUT2D eigenvalue weighted by Gasteiger charge is -2.10. The van der Waals surface area contributed by atoms with Crippen molar-refractivity contribution in [1.82, 2.24) is 0 Å². The van der Waals surface area contributed by atoms with Gasteiger partial charge in [-0.3, -0.25) is 14.9 Å². The Morgan fingerprint density at radius 2 is 1.81 bits per heavy atom. The number of anilines is 1. The number of fused-ring (bicyclic) bond motifs is 1. The predicted molar refractivity (Wildman–Crippen MR) is 115 cm³/mol. The van der Waals surface area contributed by atoms with Gasteiger partial charge in [0.1, 0.15) is 23.7 Å². The highest BCUT2D eigenvalue weighted by Gasteiger charge is 2.23. The highest BCUT2D eigenvalue weighted by Crippen LogP contribution is 2.32. The maximum atomic E-state index is 13.1. The first kappa shape index (κ1) is 20.0. The molecular formula is C23H18N2O6. The van der Waals surface area contributed by atoms with Gasteiger partial charge in [0.2, 0.25) is 0 Å². The van der Waals surface area contributed by atoms with Crippen LogP contribution in [-0.4, -0.2) is 17.9 Å². The Labute approximate surface area is 177 Å². The molecule has 0 aliphatic carbocycles. The van der Waals surface area contributed by atoms with E-state index >= 15 is 0 Å². The lowest BCUT2D eigenvalue weighted by molar-refractivity contribution is -0.384. The molecule has 8 nitrogen and oxygen atoms in total. The van der Waals surface area contributed by atoms with Crippen LogP contribution in [0.1, 0.15) is 16.1 Å². The number of rotatable bonds is 7. The second-order valence-electron chi connectivity index (χ2n) is 6.60. The van der Waals surface area contributed by atoms with Gasteiger partial charge in [-0.05, 0) is 24.3 Å². The van der Waals surface area contributed by atoms with E-state index in [0.717, 1.165) is 5.39 Å². The monoisotopic (exact) mass is 418 g/mol. The Hall–Kier alpha value is -4.33. The number of ether oxygens (including phenoxy) is 2. The highest BCUT2D eigenvalue weighted by atomic mass is 16.6. The molecule has 1 amide bonds. The van der Waals surface area contributed by atoms with Crippen LogP contribution >= 0.6 is 0 Å². The topological polar surface area (TPSA) is 104 Å². The number of nitro benzene ring substituents is 1. The quantitative estimate of drug-likeness (QED) is 0.328. The summed E-state index contributed by atoms with van der Waals surface area (Å²) in [6, 6.07) is 20.4. The average molecular weight is 418 g/mol. The van der Waals surface area contributed by atoms with E-state index in [2.05, 4.69) is 5.32 Å². The lowest BCUT2D eigenvalue weighted by atomic mass is 10.1. The van der Waals surface area contributed by atoms with Gasteiger partial charge in [0, 0.05) is 23.1 Å². The van der Waals surface area contributed by atoms with Gasteiger partial charge >= 0.3 is 0 Å². The normalized spacial score (nSPS) is 10.6. The third-order valence-corrected chi connectivity index (χ3v) is 4.67. The second-order valence-corrected chi connectivity index (χ2v) is 6.60. The molecule has 0 atom stereocenters. The molecule has 1 N–H and O–H groups in total. The van der Waals surface area contributed by atoms with Crippen molar-refractivity contribution in [3.05, 3.63) is 94.2 Å². The summed E-state index contributed by atoms with van der Waals surface area (Å²) in [5.74, 6) is 0.434. The van der Waals surface area contributed by atoms with Crippen LogP contribution in [0.2, 0.25) is 0 Å².